The first kappa shape index (κ1) is 34.7. The minimum atomic E-state index is -2.75. The summed E-state index contributed by atoms with van der Waals surface area (Å²) in [7, 11) is 0. The maximum Gasteiger partial charge on any atom is 0.407 e. The Morgan fingerprint density at radius 3 is 2.58 bits per heavy atom. The number of allylic oxidation sites excluding steroid dienone is 3. The fourth-order valence-corrected chi connectivity index (χ4v) is 6.29. The van der Waals surface area contributed by atoms with Gasteiger partial charge in [-0.25, -0.2) is 19.5 Å². The maximum absolute atomic E-state index is 14.9. The number of aliphatic imine (C=N–C) groups is 1. The van der Waals surface area contributed by atoms with Crippen molar-refractivity contribution < 1.29 is 23.1 Å². The number of hydrogen-bond donors (Lipinski definition) is 3. The van der Waals surface area contributed by atoms with Gasteiger partial charge in [0.1, 0.15) is 12.9 Å². The minimum Gasteiger partial charge on any atom is -0.447 e. The van der Waals surface area contributed by atoms with Crippen molar-refractivity contribution in [2.24, 2.45) is 22.1 Å². The molecule has 2 aliphatic rings. The van der Waals surface area contributed by atoms with Crippen LogP contribution in [-0.4, -0.2) is 65.5 Å². The second-order valence-corrected chi connectivity index (χ2v) is 14.6. The molecule has 4 N–H and O–H groups in total. The first-order valence-electron chi connectivity index (χ1n) is 15.5. The Balaban J connectivity index is 1.52. The molecular weight excluding hydrogens is 644 g/mol. The Hall–Kier alpha value is -4.59. The molecule has 3 heterocycles. The molecule has 3 aromatic rings. The van der Waals surface area contributed by atoms with Crippen LogP contribution >= 0.6 is 11.6 Å². The van der Waals surface area contributed by atoms with E-state index in [0.29, 0.717) is 50.6 Å². The van der Waals surface area contributed by atoms with Crippen molar-refractivity contribution in [1.82, 2.24) is 35.2 Å². The zero-order valence-corrected chi connectivity index (χ0v) is 28.4. The highest BCUT2D eigenvalue weighted by molar-refractivity contribution is 6.33. The monoisotopic (exact) mass is 683 g/mol. The zero-order chi connectivity index (χ0) is 35.0. The number of aromatic amines is 1. The van der Waals surface area contributed by atoms with Crippen molar-refractivity contribution in [3.63, 3.8) is 0 Å². The van der Waals surface area contributed by atoms with Gasteiger partial charge in [-0.3, -0.25) is 14.8 Å². The molecule has 0 fully saturated rings. The summed E-state index contributed by atoms with van der Waals surface area (Å²) in [5.74, 6) is -0.376. The lowest BCUT2D eigenvalue weighted by Gasteiger charge is -2.38. The van der Waals surface area contributed by atoms with Crippen LogP contribution < -0.4 is 11.1 Å². The molecule has 48 heavy (non-hydrogen) atoms. The molecule has 0 saturated heterocycles. The number of ether oxygens (including phenoxy) is 1. The number of nitrogens with two attached hydrogens (primary N) is 1. The summed E-state index contributed by atoms with van der Waals surface area (Å²) in [6.07, 6.45) is 9.67. The van der Waals surface area contributed by atoms with Crippen molar-refractivity contribution in [2.45, 2.75) is 78.1 Å². The lowest BCUT2D eigenvalue weighted by Crippen LogP contribution is -2.52. The number of nitrogens with one attached hydrogen (secondary N) is 2. The van der Waals surface area contributed by atoms with E-state index < -0.39 is 35.7 Å². The molecule has 12 nitrogen and oxygen atoms in total. The molecule has 0 saturated carbocycles. The third-order valence-electron chi connectivity index (χ3n) is 8.00. The van der Waals surface area contributed by atoms with Crippen molar-refractivity contribution >= 4 is 35.1 Å². The fraction of sp³-hybridized carbons (Fsp3) is 0.455. The summed E-state index contributed by atoms with van der Waals surface area (Å²) in [6, 6.07) is 4.26. The second kappa shape index (κ2) is 13.1. The number of alkyl carbamates (subject to hydrolysis) is 1. The van der Waals surface area contributed by atoms with Gasteiger partial charge in [0.2, 0.25) is 0 Å². The second-order valence-electron chi connectivity index (χ2n) is 14.2. The summed E-state index contributed by atoms with van der Waals surface area (Å²) < 4.78 is 32.6. The van der Waals surface area contributed by atoms with Crippen LogP contribution in [0.15, 0.2) is 60.1 Å². The number of H-pyrrole nitrogens is 1. The van der Waals surface area contributed by atoms with Crippen LogP contribution in [0, 0.1) is 11.3 Å². The number of aromatic nitrogens is 5. The molecule has 0 spiro atoms. The summed E-state index contributed by atoms with van der Waals surface area (Å²) in [5, 5.41) is 13.6. The van der Waals surface area contributed by atoms with Gasteiger partial charge >= 0.3 is 12.6 Å². The molecule has 15 heteroatoms. The van der Waals surface area contributed by atoms with E-state index in [2.05, 4.69) is 25.6 Å². The highest BCUT2D eigenvalue weighted by atomic mass is 35.5. The predicted octanol–water partition coefficient (Wildman–Crippen LogP) is 6.27. The molecule has 2 aromatic heterocycles. The molecule has 1 aliphatic carbocycles. The van der Waals surface area contributed by atoms with Crippen LogP contribution in [0.3, 0.4) is 0 Å². The van der Waals surface area contributed by atoms with Gasteiger partial charge in [-0.1, -0.05) is 56.7 Å². The van der Waals surface area contributed by atoms with E-state index in [1.165, 1.54) is 23.6 Å². The summed E-state index contributed by atoms with van der Waals surface area (Å²) in [5.41, 5.74) is 6.78. The predicted molar refractivity (Wildman–Crippen MR) is 178 cm³/mol. The first-order chi connectivity index (χ1) is 22.5. The first-order valence-corrected chi connectivity index (χ1v) is 15.9. The van der Waals surface area contributed by atoms with E-state index in [9.17, 15) is 18.4 Å². The Morgan fingerprint density at radius 2 is 2.00 bits per heavy atom. The number of benzene rings is 1. The van der Waals surface area contributed by atoms with Crippen LogP contribution in [0.2, 0.25) is 5.02 Å². The minimum absolute atomic E-state index is 0.0216. The number of alkyl halides is 2. The number of rotatable bonds is 9. The molecular formula is C33H40ClF2N9O3. The van der Waals surface area contributed by atoms with Gasteiger partial charge in [0, 0.05) is 28.8 Å². The quantitative estimate of drug-likeness (QED) is 0.240. The van der Waals surface area contributed by atoms with Crippen LogP contribution in [0.4, 0.5) is 13.6 Å². The molecule has 256 valence electrons. The van der Waals surface area contributed by atoms with E-state index in [1.54, 1.807) is 24.3 Å². The van der Waals surface area contributed by atoms with E-state index in [1.807, 2.05) is 53.7 Å². The van der Waals surface area contributed by atoms with Gasteiger partial charge in [-0.15, -0.1) is 0 Å². The molecule has 0 bridgehead atoms. The molecule has 2 amide bonds. The van der Waals surface area contributed by atoms with Gasteiger partial charge in [0.15, 0.2) is 17.3 Å². The Kier molecular flexibility index (Phi) is 9.51. The van der Waals surface area contributed by atoms with Crippen molar-refractivity contribution in [3.8, 4) is 11.4 Å². The topological polar surface area (TPSA) is 156 Å². The number of nitrogens with zero attached hydrogens (tertiary/aromatic N) is 6. The lowest BCUT2D eigenvalue weighted by atomic mass is 9.70. The number of carbonyl (C=O) groups excluding carboxylic acids is 2. The summed E-state index contributed by atoms with van der Waals surface area (Å²) >= 11 is 6.53. The van der Waals surface area contributed by atoms with Gasteiger partial charge < -0.3 is 15.8 Å². The number of carbonyl (C=O) groups is 2. The highest BCUT2D eigenvalue weighted by Gasteiger charge is 2.55. The van der Waals surface area contributed by atoms with Crippen molar-refractivity contribution in [3.05, 3.63) is 71.3 Å². The van der Waals surface area contributed by atoms with Gasteiger partial charge in [0.05, 0.1) is 17.3 Å². The molecule has 1 aromatic carbocycles. The number of amides is 2. The van der Waals surface area contributed by atoms with Crippen LogP contribution in [-0.2, 0) is 9.53 Å². The van der Waals surface area contributed by atoms with Crippen LogP contribution in [0.1, 0.15) is 78.1 Å². The van der Waals surface area contributed by atoms with Gasteiger partial charge in [-0.2, -0.15) is 19.0 Å². The fourth-order valence-electron chi connectivity index (χ4n) is 6.08. The standard InChI is InChI=1S/C33H40ClF2N9O3/c1-31(2,3)17-33(22-10-7-19(8-11-22)21-14-40-44(15-21)28(35)36)27(46)45(29(37)41-33)25(16-48-30(47)42-32(4,5)6)20-9-12-24(34)23(13-20)26-38-18-39-43-26/h7-10,12-15,18,22,25,28H,11,16-17H2,1-6H3,(H2,37,41)(H,42,47)(H,38,39,43)/t22?,25-,33-/m1/s1. The number of guanidine groups is 1. The Bertz CT molecular complexity index is 1760. The van der Waals surface area contributed by atoms with Crippen LogP contribution in [0.5, 0.6) is 0 Å². The largest absolute Gasteiger partial charge is 0.447 e. The van der Waals surface area contributed by atoms with E-state index >= 15 is 0 Å². The SMILES string of the molecule is CC(C)(C)C[C@]1(C2C=CC(c3cnn(C(F)F)c3)=CC2)N=C(N)N([C@H](COC(=O)NC(C)(C)C)c2ccc(Cl)c(-c3ncn[nH]3)c2)C1=O. The maximum atomic E-state index is 14.9. The number of hydrogen-bond acceptors (Lipinski definition) is 8. The number of halogens is 3. The average molecular weight is 684 g/mol. The van der Waals surface area contributed by atoms with Crippen molar-refractivity contribution in [1.29, 1.82) is 0 Å². The average Bonchev–Trinajstić information content (AvgIpc) is 3.75. The summed E-state index contributed by atoms with van der Waals surface area (Å²) in [4.78, 5) is 38.2. The molecule has 1 aliphatic heterocycles. The van der Waals surface area contributed by atoms with Gasteiger partial charge in [0.25, 0.3) is 5.91 Å². The molecule has 5 rings (SSSR count). The van der Waals surface area contributed by atoms with E-state index in [4.69, 9.17) is 27.1 Å². The third-order valence-corrected chi connectivity index (χ3v) is 8.33. The smallest absolute Gasteiger partial charge is 0.407 e. The van der Waals surface area contributed by atoms with E-state index in [0.717, 1.165) is 0 Å². The molecule has 0 radical (unpaired) electrons. The highest BCUT2D eigenvalue weighted by Crippen LogP contribution is 2.46. The van der Waals surface area contributed by atoms with Crippen molar-refractivity contribution in [2.75, 3.05) is 6.61 Å². The lowest BCUT2D eigenvalue weighted by molar-refractivity contribution is -0.136. The van der Waals surface area contributed by atoms with Crippen LogP contribution in [0.25, 0.3) is 17.0 Å². The zero-order valence-electron chi connectivity index (χ0n) is 27.7. The Labute approximate surface area is 282 Å². The normalized spacial score (nSPS) is 20.6. The Morgan fingerprint density at radius 1 is 1.25 bits per heavy atom. The van der Waals surface area contributed by atoms with Gasteiger partial charge in [-0.05, 0) is 62.3 Å². The third kappa shape index (κ3) is 7.43. The molecule has 1 unspecified atom stereocenters. The molecule has 3 atom stereocenters. The summed E-state index contributed by atoms with van der Waals surface area (Å²) in [6.45, 7) is 8.53. The van der Waals surface area contributed by atoms with E-state index in [-0.39, 0.29) is 23.9 Å².